The monoisotopic (exact) mass is 452 g/mol. The second-order valence-electron chi connectivity index (χ2n) is 6.66. The molecule has 1 aliphatic heterocycles. The van der Waals surface area contributed by atoms with E-state index < -0.39 is 17.7 Å². The molecule has 0 spiro atoms. The summed E-state index contributed by atoms with van der Waals surface area (Å²) in [5, 5.41) is 13.6. The Hall–Kier alpha value is -3.42. The first-order valence-electron chi connectivity index (χ1n) is 9.31. The highest BCUT2D eigenvalue weighted by Gasteiger charge is 2.48. The van der Waals surface area contributed by atoms with Gasteiger partial charge < -0.3 is 9.84 Å². The predicted molar refractivity (Wildman–Crippen MR) is 120 cm³/mol. The normalized spacial score (nSPS) is 17.7. The largest absolute Gasteiger partial charge is 0.507 e. The first-order valence-corrected chi connectivity index (χ1v) is 10.6. The molecule has 2 aromatic carbocycles. The van der Waals surface area contributed by atoms with Gasteiger partial charge in [0, 0.05) is 22.2 Å². The zero-order valence-electron chi connectivity index (χ0n) is 16.2. The van der Waals surface area contributed by atoms with Crippen LogP contribution in [0.25, 0.3) is 5.76 Å². The van der Waals surface area contributed by atoms with Crippen LogP contribution >= 0.6 is 22.9 Å². The molecule has 0 aliphatic carbocycles. The molecule has 1 fully saturated rings. The van der Waals surface area contributed by atoms with Crippen LogP contribution < -0.4 is 9.64 Å². The Bertz CT molecular complexity index is 1170. The first-order chi connectivity index (χ1) is 15.0. The van der Waals surface area contributed by atoms with Crippen molar-refractivity contribution in [1.82, 2.24) is 4.98 Å². The number of nitrogens with zero attached hydrogens (tertiary/aromatic N) is 2. The summed E-state index contributed by atoms with van der Waals surface area (Å²) < 4.78 is 5.46. The maximum absolute atomic E-state index is 13.0. The number of carbonyl (C=O) groups excluding carboxylic acids is 2. The number of ether oxygens (including phenoxy) is 1. The van der Waals surface area contributed by atoms with E-state index in [2.05, 4.69) is 11.6 Å². The van der Waals surface area contributed by atoms with Crippen molar-refractivity contribution in [2.75, 3.05) is 11.5 Å². The van der Waals surface area contributed by atoms with Crippen molar-refractivity contribution in [2.24, 2.45) is 0 Å². The van der Waals surface area contributed by atoms with Gasteiger partial charge in [0.05, 0.1) is 11.6 Å². The summed E-state index contributed by atoms with van der Waals surface area (Å²) in [6.45, 7) is 3.95. The fourth-order valence-corrected chi connectivity index (χ4v) is 4.24. The van der Waals surface area contributed by atoms with E-state index in [0.29, 0.717) is 33.6 Å². The van der Waals surface area contributed by atoms with Gasteiger partial charge >= 0.3 is 5.91 Å². The standard InChI is InChI=1S/C23H17ClN2O4S/c1-2-11-30-17-8-6-14(7-9-17)20(27)18-19(15-4-3-5-16(24)13-15)26(22(29)21(18)28)23-25-10-12-31-23/h2-10,12-13,19,27H,1,11H2/t19-/m1/s1. The highest BCUT2D eigenvalue weighted by Crippen LogP contribution is 2.43. The number of aromatic nitrogens is 1. The number of amides is 1. The van der Waals surface area contributed by atoms with Gasteiger partial charge in [0.25, 0.3) is 5.78 Å². The number of hydrogen-bond donors (Lipinski definition) is 1. The van der Waals surface area contributed by atoms with E-state index in [1.165, 1.54) is 16.2 Å². The average Bonchev–Trinajstić information content (AvgIpc) is 3.39. The molecule has 156 valence electrons. The Balaban J connectivity index is 1.84. The summed E-state index contributed by atoms with van der Waals surface area (Å²) in [7, 11) is 0. The maximum Gasteiger partial charge on any atom is 0.301 e. The number of aliphatic hydroxyl groups excluding tert-OH is 1. The number of halogens is 1. The third kappa shape index (κ3) is 3.97. The number of benzene rings is 2. The lowest BCUT2D eigenvalue weighted by Crippen LogP contribution is -2.29. The lowest BCUT2D eigenvalue weighted by molar-refractivity contribution is -0.132. The molecule has 1 aromatic heterocycles. The molecule has 8 heteroatoms. The highest BCUT2D eigenvalue weighted by molar-refractivity contribution is 7.14. The molecular formula is C23H17ClN2O4S. The number of aliphatic hydroxyl groups is 1. The minimum Gasteiger partial charge on any atom is -0.507 e. The summed E-state index contributed by atoms with van der Waals surface area (Å²) in [6, 6.07) is 12.6. The summed E-state index contributed by atoms with van der Waals surface area (Å²) >= 11 is 7.40. The molecule has 2 heterocycles. The lowest BCUT2D eigenvalue weighted by Gasteiger charge is -2.23. The Morgan fingerprint density at radius 2 is 2.03 bits per heavy atom. The molecule has 1 amide bonds. The summed E-state index contributed by atoms with van der Waals surface area (Å²) in [6.07, 6.45) is 3.18. The van der Waals surface area contributed by atoms with Crippen molar-refractivity contribution >= 4 is 45.5 Å². The van der Waals surface area contributed by atoms with Crippen molar-refractivity contribution in [3.05, 3.63) is 94.5 Å². The van der Waals surface area contributed by atoms with Gasteiger partial charge in [-0.3, -0.25) is 14.5 Å². The molecule has 0 unspecified atom stereocenters. The van der Waals surface area contributed by atoms with Gasteiger partial charge in [0.2, 0.25) is 0 Å². The van der Waals surface area contributed by atoms with Gasteiger partial charge in [-0.1, -0.05) is 36.4 Å². The Labute approximate surface area is 187 Å². The summed E-state index contributed by atoms with van der Waals surface area (Å²) in [5.74, 6) is -1.24. The molecule has 1 N–H and O–H groups in total. The van der Waals surface area contributed by atoms with Crippen molar-refractivity contribution in [2.45, 2.75) is 6.04 Å². The minimum atomic E-state index is -0.860. The highest BCUT2D eigenvalue weighted by atomic mass is 35.5. The van der Waals surface area contributed by atoms with Gasteiger partial charge in [-0.25, -0.2) is 4.98 Å². The average molecular weight is 453 g/mol. The van der Waals surface area contributed by atoms with E-state index in [1.54, 1.807) is 66.2 Å². The van der Waals surface area contributed by atoms with E-state index in [9.17, 15) is 14.7 Å². The molecule has 31 heavy (non-hydrogen) atoms. The van der Waals surface area contributed by atoms with Crippen molar-refractivity contribution in [3.63, 3.8) is 0 Å². The number of thiazole rings is 1. The predicted octanol–water partition coefficient (Wildman–Crippen LogP) is 4.99. The Morgan fingerprint density at radius 1 is 1.26 bits per heavy atom. The van der Waals surface area contributed by atoms with E-state index in [1.807, 2.05) is 0 Å². The van der Waals surface area contributed by atoms with Gasteiger partial charge in [-0.05, 0) is 42.0 Å². The number of Topliss-reactive ketones (excluding diaryl/α,β-unsaturated/α-hetero) is 1. The van der Waals surface area contributed by atoms with Crippen molar-refractivity contribution < 1.29 is 19.4 Å². The van der Waals surface area contributed by atoms with Crippen LogP contribution in [0, 0.1) is 0 Å². The molecule has 1 saturated heterocycles. The molecule has 6 nitrogen and oxygen atoms in total. The van der Waals surface area contributed by atoms with E-state index >= 15 is 0 Å². The molecule has 4 rings (SSSR count). The fourth-order valence-electron chi connectivity index (χ4n) is 3.38. The van der Waals surface area contributed by atoms with Gasteiger partial charge in [-0.2, -0.15) is 0 Å². The zero-order valence-corrected chi connectivity index (χ0v) is 17.8. The lowest BCUT2D eigenvalue weighted by atomic mass is 9.95. The summed E-state index contributed by atoms with van der Waals surface area (Å²) in [5.41, 5.74) is 0.951. The van der Waals surface area contributed by atoms with Crippen LogP contribution in [0.1, 0.15) is 17.2 Å². The molecular weight excluding hydrogens is 436 g/mol. The Kier molecular flexibility index (Phi) is 5.88. The number of rotatable bonds is 6. The van der Waals surface area contributed by atoms with Crippen LogP contribution in [0.15, 0.2) is 78.3 Å². The molecule has 1 aliphatic rings. The molecule has 3 aromatic rings. The first kappa shape index (κ1) is 20.8. The number of ketones is 1. The number of carbonyl (C=O) groups is 2. The SMILES string of the molecule is C=CCOc1ccc(C(O)=C2C(=O)C(=O)N(c3nccs3)[C@@H]2c2cccc(Cl)c2)cc1. The van der Waals surface area contributed by atoms with Gasteiger partial charge in [0.15, 0.2) is 5.13 Å². The van der Waals surface area contributed by atoms with Crippen LogP contribution in [0.2, 0.25) is 5.02 Å². The Morgan fingerprint density at radius 3 is 2.68 bits per heavy atom. The van der Waals surface area contributed by atoms with Crippen LogP contribution in [0.5, 0.6) is 5.75 Å². The van der Waals surface area contributed by atoms with E-state index in [-0.39, 0.29) is 11.3 Å². The fraction of sp³-hybridized carbons (Fsp3) is 0.0870. The quantitative estimate of drug-likeness (QED) is 0.247. The number of hydrogen-bond acceptors (Lipinski definition) is 6. The third-order valence-corrected chi connectivity index (χ3v) is 5.74. The van der Waals surface area contributed by atoms with Crippen LogP contribution in [0.3, 0.4) is 0 Å². The van der Waals surface area contributed by atoms with Crippen molar-refractivity contribution in [3.8, 4) is 5.75 Å². The van der Waals surface area contributed by atoms with Crippen LogP contribution in [-0.4, -0.2) is 28.4 Å². The minimum absolute atomic E-state index is 0.0257. The van der Waals surface area contributed by atoms with Crippen molar-refractivity contribution in [1.29, 1.82) is 0 Å². The molecule has 0 bridgehead atoms. The van der Waals surface area contributed by atoms with Crippen LogP contribution in [-0.2, 0) is 9.59 Å². The van der Waals surface area contributed by atoms with Crippen LogP contribution in [0.4, 0.5) is 5.13 Å². The zero-order chi connectivity index (χ0) is 22.0. The summed E-state index contributed by atoms with van der Waals surface area (Å²) in [4.78, 5) is 31.4. The second-order valence-corrected chi connectivity index (χ2v) is 7.97. The maximum atomic E-state index is 13.0. The molecule has 1 atom stereocenters. The second kappa shape index (κ2) is 8.75. The van der Waals surface area contributed by atoms with Gasteiger partial charge in [0.1, 0.15) is 18.1 Å². The molecule has 0 saturated carbocycles. The van der Waals surface area contributed by atoms with E-state index in [0.717, 1.165) is 0 Å². The third-order valence-electron chi connectivity index (χ3n) is 4.73. The van der Waals surface area contributed by atoms with Gasteiger partial charge in [-0.15, -0.1) is 11.3 Å². The smallest absolute Gasteiger partial charge is 0.301 e. The van der Waals surface area contributed by atoms with E-state index in [4.69, 9.17) is 16.3 Å². The molecule has 0 radical (unpaired) electrons. The topological polar surface area (TPSA) is 79.7 Å². The number of anilines is 1.